The fourth-order valence-corrected chi connectivity index (χ4v) is 14.4. The Kier molecular flexibility index (Phi) is 13.0. The van der Waals surface area contributed by atoms with E-state index >= 15 is 0 Å². The Balaban J connectivity index is 0.000000112. The lowest BCUT2D eigenvalue weighted by atomic mass is 9.69. The van der Waals surface area contributed by atoms with Crippen LogP contribution in [0.25, 0.3) is 61.9 Å². The van der Waals surface area contributed by atoms with Gasteiger partial charge in [-0.2, -0.15) is 0 Å². The van der Waals surface area contributed by atoms with Gasteiger partial charge in [-0.05, 0) is 187 Å². The molecule has 374 valence electrons. The van der Waals surface area contributed by atoms with Gasteiger partial charge in [0.15, 0.2) is 0 Å². The van der Waals surface area contributed by atoms with Crippen molar-refractivity contribution in [2.24, 2.45) is 0 Å². The maximum atomic E-state index is 2.41. The zero-order valence-electron chi connectivity index (χ0n) is 45.7. The van der Waals surface area contributed by atoms with Gasteiger partial charge in [0.05, 0.1) is 10.8 Å². The molecule has 0 fully saturated rings. The van der Waals surface area contributed by atoms with Crippen molar-refractivity contribution in [3.63, 3.8) is 0 Å². The zero-order chi connectivity index (χ0) is 52.1. The van der Waals surface area contributed by atoms with Crippen molar-refractivity contribution >= 4 is 28.5 Å². The second-order valence-electron chi connectivity index (χ2n) is 21.5. The van der Waals surface area contributed by atoms with E-state index in [1.165, 1.54) is 154 Å². The van der Waals surface area contributed by atoms with Crippen LogP contribution in [-0.2, 0) is 23.7 Å². The molecule has 1 unspecified atom stereocenters. The van der Waals surface area contributed by atoms with Gasteiger partial charge in [0.2, 0.25) is 0 Å². The van der Waals surface area contributed by atoms with Gasteiger partial charge in [-0.1, -0.05) is 258 Å². The Bertz CT molecular complexity index is 3810. The topological polar surface area (TPSA) is 0 Å². The minimum atomic E-state index is -0.189. The molecule has 9 aromatic carbocycles. The highest BCUT2D eigenvalue weighted by atomic mass is 14.5. The van der Waals surface area contributed by atoms with E-state index in [-0.39, 0.29) is 10.8 Å². The summed E-state index contributed by atoms with van der Waals surface area (Å²) in [6.07, 6.45) is 22.5. The standard InChI is InChI=1S/C26H20.C26H18.C19H18.C3H8.C2H6/c1-17-9-8-16-24-25(17)20-12-4-7-15-23(20)26(24)21-13-5-2-10-18(21)19-11-3-6-14-22(19)26;1-17-14-15-21-20-10-4-7-13-24(20)26(25(21)16-17)22-11-5-2-8-18(22)19-9-3-6-12-23(19)26;1-13-10-11-18-16-8-3-2-6-14(16)15-7-4-5-9-17(15)19(18)12-13;1-3-2;1-2/h2,4-10,12-16H,3,11H2,1H3;2-16H,1H3;3,5,8-12H,2,4,6-7H2,1H3;3H2,1-2H3;1-2H3. The van der Waals surface area contributed by atoms with Gasteiger partial charge in [0.1, 0.15) is 0 Å². The van der Waals surface area contributed by atoms with Crippen LogP contribution < -0.4 is 0 Å². The monoisotopic (exact) mass is 983 g/mol. The van der Waals surface area contributed by atoms with E-state index < -0.39 is 0 Å². The summed E-state index contributed by atoms with van der Waals surface area (Å²) in [5.74, 6) is 0. The van der Waals surface area contributed by atoms with Crippen LogP contribution in [-0.4, -0.2) is 0 Å². The van der Waals surface area contributed by atoms with Crippen LogP contribution >= 0.6 is 0 Å². The molecule has 7 aliphatic carbocycles. The van der Waals surface area contributed by atoms with Crippen LogP contribution in [0.1, 0.15) is 143 Å². The van der Waals surface area contributed by atoms with E-state index in [0.29, 0.717) is 0 Å². The number of hydrogen-bond acceptors (Lipinski definition) is 0. The van der Waals surface area contributed by atoms with Gasteiger partial charge in [0, 0.05) is 0 Å². The maximum absolute atomic E-state index is 2.41. The highest BCUT2D eigenvalue weighted by Gasteiger charge is 2.53. The normalized spacial score (nSPS) is 16.8. The molecule has 2 spiro atoms. The highest BCUT2D eigenvalue weighted by Crippen LogP contribution is 2.65. The van der Waals surface area contributed by atoms with Crippen molar-refractivity contribution in [2.75, 3.05) is 0 Å². The van der Waals surface area contributed by atoms with E-state index in [1.807, 2.05) is 13.8 Å². The molecule has 0 nitrogen and oxygen atoms in total. The van der Waals surface area contributed by atoms with Gasteiger partial charge in [0.25, 0.3) is 0 Å². The first kappa shape index (κ1) is 49.1. The first-order valence-corrected chi connectivity index (χ1v) is 28.4. The van der Waals surface area contributed by atoms with Crippen LogP contribution in [0.3, 0.4) is 0 Å². The smallest absolute Gasteiger partial charge is 0.0725 e. The lowest BCUT2D eigenvalue weighted by Crippen LogP contribution is -2.27. The summed E-state index contributed by atoms with van der Waals surface area (Å²) < 4.78 is 0. The Morgan fingerprint density at radius 2 is 0.803 bits per heavy atom. The minimum Gasteiger partial charge on any atom is -0.0839 e. The summed E-state index contributed by atoms with van der Waals surface area (Å²) in [5.41, 5.74) is 32.8. The average Bonchev–Trinajstić information content (AvgIpc) is 4.28. The van der Waals surface area contributed by atoms with Crippen molar-refractivity contribution in [1.82, 2.24) is 0 Å². The van der Waals surface area contributed by atoms with Crippen molar-refractivity contribution in [1.29, 1.82) is 0 Å². The number of allylic oxidation sites excluding steroid dienone is 6. The van der Waals surface area contributed by atoms with E-state index in [0.717, 1.165) is 12.8 Å². The molecule has 16 rings (SSSR count). The van der Waals surface area contributed by atoms with Gasteiger partial charge in [-0.25, -0.2) is 0 Å². The van der Waals surface area contributed by atoms with E-state index in [1.54, 1.807) is 16.7 Å². The van der Waals surface area contributed by atoms with E-state index in [4.69, 9.17) is 0 Å². The zero-order valence-corrected chi connectivity index (χ0v) is 45.7. The molecule has 0 radical (unpaired) electrons. The van der Waals surface area contributed by atoms with Crippen LogP contribution in [0.15, 0.2) is 206 Å². The first-order valence-electron chi connectivity index (χ1n) is 28.4. The van der Waals surface area contributed by atoms with E-state index in [2.05, 4.69) is 247 Å². The SMILES string of the molecule is CC.CCC.Cc1ccc2c(c1)C1(c3ccccc3-c3ccccc31)c1ccccc1-2.Cc1ccc2c3c(c4c(c2c1)C=CCC4)CCC=C3.Cc1cccc2c1-c1ccccc1C21C2=C(CCC=C2)c2ccccc21. The summed E-state index contributed by atoms with van der Waals surface area (Å²) in [7, 11) is 0. The molecule has 1 atom stereocenters. The minimum absolute atomic E-state index is 0.138. The van der Waals surface area contributed by atoms with Gasteiger partial charge >= 0.3 is 0 Å². The summed E-state index contributed by atoms with van der Waals surface area (Å²) in [4.78, 5) is 0. The Labute approximate surface area is 452 Å². The van der Waals surface area contributed by atoms with Crippen LogP contribution in [0.2, 0.25) is 0 Å². The second-order valence-corrected chi connectivity index (χ2v) is 21.5. The fourth-order valence-electron chi connectivity index (χ4n) is 14.4. The Hall–Kier alpha value is -7.80. The molecule has 9 aromatic rings. The van der Waals surface area contributed by atoms with Crippen molar-refractivity contribution in [3.05, 3.63) is 289 Å². The lowest BCUT2D eigenvalue weighted by Gasteiger charge is -2.32. The van der Waals surface area contributed by atoms with Crippen LogP contribution in [0, 0.1) is 20.8 Å². The Morgan fingerprint density at radius 3 is 1.39 bits per heavy atom. The molecule has 0 saturated heterocycles. The highest BCUT2D eigenvalue weighted by molar-refractivity contribution is 6.01. The van der Waals surface area contributed by atoms with Gasteiger partial charge in [-0.3, -0.25) is 0 Å². The number of aryl methyl sites for hydroxylation is 3. The van der Waals surface area contributed by atoms with E-state index in [9.17, 15) is 0 Å². The summed E-state index contributed by atoms with van der Waals surface area (Å²) in [6, 6.07) is 65.6. The molecule has 7 aliphatic rings. The van der Waals surface area contributed by atoms with Crippen LogP contribution in [0.5, 0.6) is 0 Å². The predicted molar refractivity (Wildman–Crippen MR) is 326 cm³/mol. The molecule has 0 saturated carbocycles. The summed E-state index contributed by atoms with van der Waals surface area (Å²) >= 11 is 0. The number of benzene rings is 9. The van der Waals surface area contributed by atoms with Crippen molar-refractivity contribution < 1.29 is 0 Å². The Morgan fingerprint density at radius 1 is 0.368 bits per heavy atom. The molecule has 0 amide bonds. The average molecular weight is 983 g/mol. The van der Waals surface area contributed by atoms with Crippen molar-refractivity contribution in [3.8, 4) is 33.4 Å². The first-order chi connectivity index (χ1) is 37.4. The number of hydrogen-bond donors (Lipinski definition) is 0. The molecule has 0 heteroatoms. The molecule has 0 bridgehead atoms. The van der Waals surface area contributed by atoms with Crippen LogP contribution in [0.4, 0.5) is 0 Å². The molecular formula is C76H70. The second kappa shape index (κ2) is 20.0. The third-order valence-corrected chi connectivity index (χ3v) is 17.1. The molecule has 0 aromatic heterocycles. The molecule has 0 aliphatic heterocycles. The van der Waals surface area contributed by atoms with Gasteiger partial charge in [-0.15, -0.1) is 0 Å². The molecule has 76 heavy (non-hydrogen) atoms. The van der Waals surface area contributed by atoms with Gasteiger partial charge < -0.3 is 0 Å². The third kappa shape index (κ3) is 7.31. The maximum Gasteiger partial charge on any atom is 0.0725 e. The molecule has 0 N–H and O–H groups in total. The summed E-state index contributed by atoms with van der Waals surface area (Å²) in [5, 5.41) is 2.87. The predicted octanol–water partition coefficient (Wildman–Crippen LogP) is 20.3. The largest absolute Gasteiger partial charge is 0.0839 e. The summed E-state index contributed by atoms with van der Waals surface area (Å²) in [6.45, 7) is 14.9. The number of rotatable bonds is 0. The lowest BCUT2D eigenvalue weighted by molar-refractivity contribution is 0.780. The van der Waals surface area contributed by atoms with Crippen molar-refractivity contribution in [2.45, 2.75) is 104 Å². The third-order valence-electron chi connectivity index (χ3n) is 17.1. The number of fused-ring (bicyclic) bond motifs is 25. The quantitative estimate of drug-likeness (QED) is 0.142. The fraction of sp³-hybridized carbons (Fsp3) is 0.211. The molecular weight excluding hydrogens is 913 g/mol. The molecule has 0 heterocycles.